The van der Waals surface area contributed by atoms with Crippen LogP contribution in [0.2, 0.25) is 0 Å². The number of hydrogen-bond acceptors (Lipinski definition) is 4. The molecule has 0 spiro atoms. The van der Waals surface area contributed by atoms with Gasteiger partial charge in [0.05, 0.1) is 5.92 Å². The predicted molar refractivity (Wildman–Crippen MR) is 102 cm³/mol. The molecule has 0 aromatic rings. The van der Waals surface area contributed by atoms with Crippen LogP contribution in [0.15, 0.2) is 0 Å². The van der Waals surface area contributed by atoms with Crippen molar-refractivity contribution in [1.29, 1.82) is 0 Å². The molecule has 0 saturated carbocycles. The van der Waals surface area contributed by atoms with Gasteiger partial charge in [-0.25, -0.2) is 0 Å². The zero-order valence-electron chi connectivity index (χ0n) is 16.0. The summed E-state index contributed by atoms with van der Waals surface area (Å²) in [5.41, 5.74) is 5.36. The second kappa shape index (κ2) is 8.87. The van der Waals surface area contributed by atoms with Crippen LogP contribution in [0.3, 0.4) is 0 Å². The van der Waals surface area contributed by atoms with Crippen LogP contribution in [0, 0.1) is 11.8 Å². The SMILES string of the molecule is NC(=O)C1CCN(C(=O)C2CCCN(S(=O)(=O)N3CCCCCC3)C2)CC1. The molecule has 3 aliphatic rings. The molecule has 0 aromatic heterocycles. The minimum absolute atomic E-state index is 0.0219. The lowest BCUT2D eigenvalue weighted by Crippen LogP contribution is -2.52. The highest BCUT2D eigenvalue weighted by Crippen LogP contribution is 2.26. The Kier molecular flexibility index (Phi) is 6.75. The molecule has 3 heterocycles. The van der Waals surface area contributed by atoms with Gasteiger partial charge in [0.25, 0.3) is 10.2 Å². The molecular formula is C18H32N4O4S. The van der Waals surface area contributed by atoms with Crippen LogP contribution in [-0.2, 0) is 19.8 Å². The van der Waals surface area contributed by atoms with Crippen molar-refractivity contribution in [2.75, 3.05) is 39.3 Å². The van der Waals surface area contributed by atoms with Crippen molar-refractivity contribution in [1.82, 2.24) is 13.5 Å². The van der Waals surface area contributed by atoms with Crippen LogP contribution in [-0.4, -0.2) is 73.0 Å². The quantitative estimate of drug-likeness (QED) is 0.744. The van der Waals surface area contributed by atoms with Crippen LogP contribution in [0.25, 0.3) is 0 Å². The molecule has 3 fully saturated rings. The summed E-state index contributed by atoms with van der Waals surface area (Å²) in [7, 11) is -3.49. The standard InChI is InChI=1S/C18H32N4O4S/c19-17(23)15-7-12-20(13-8-15)18(24)16-6-5-11-22(14-16)27(25,26)21-9-3-1-2-4-10-21/h15-16H,1-14H2,(H2,19,23). The third kappa shape index (κ3) is 4.81. The van der Waals surface area contributed by atoms with E-state index in [4.69, 9.17) is 5.73 Å². The Labute approximate surface area is 162 Å². The molecule has 27 heavy (non-hydrogen) atoms. The first-order chi connectivity index (χ1) is 12.9. The van der Waals surface area contributed by atoms with Crippen molar-refractivity contribution < 1.29 is 18.0 Å². The molecule has 3 rings (SSSR count). The van der Waals surface area contributed by atoms with Crippen molar-refractivity contribution >= 4 is 22.0 Å². The topological polar surface area (TPSA) is 104 Å². The number of amides is 2. The van der Waals surface area contributed by atoms with Crippen molar-refractivity contribution in [2.24, 2.45) is 17.6 Å². The van der Waals surface area contributed by atoms with Gasteiger partial charge < -0.3 is 10.6 Å². The minimum Gasteiger partial charge on any atom is -0.369 e. The Hall–Kier alpha value is -1.19. The molecule has 0 radical (unpaired) electrons. The molecule has 3 saturated heterocycles. The fourth-order valence-electron chi connectivity index (χ4n) is 4.43. The number of piperidine rings is 2. The zero-order chi connectivity index (χ0) is 19.4. The number of nitrogens with two attached hydrogens (primary N) is 1. The van der Waals surface area contributed by atoms with Gasteiger partial charge in [-0.1, -0.05) is 12.8 Å². The summed E-state index contributed by atoms with van der Waals surface area (Å²) < 4.78 is 29.2. The van der Waals surface area contributed by atoms with Gasteiger partial charge in [-0.3, -0.25) is 9.59 Å². The number of likely N-dealkylation sites (tertiary alicyclic amines) is 1. The maximum atomic E-state index is 13.0. The van der Waals surface area contributed by atoms with Crippen LogP contribution in [0.5, 0.6) is 0 Å². The van der Waals surface area contributed by atoms with Crippen LogP contribution in [0.4, 0.5) is 0 Å². The van der Waals surface area contributed by atoms with E-state index < -0.39 is 10.2 Å². The highest BCUT2D eigenvalue weighted by atomic mass is 32.2. The summed E-state index contributed by atoms with van der Waals surface area (Å²) in [6.07, 6.45) is 6.60. The minimum atomic E-state index is -3.49. The number of carbonyl (C=O) groups is 2. The largest absolute Gasteiger partial charge is 0.369 e. The number of rotatable bonds is 4. The second-order valence-corrected chi connectivity index (χ2v) is 9.95. The lowest BCUT2D eigenvalue weighted by Gasteiger charge is -2.38. The monoisotopic (exact) mass is 400 g/mol. The van der Waals surface area contributed by atoms with E-state index in [-0.39, 0.29) is 30.2 Å². The van der Waals surface area contributed by atoms with E-state index in [0.29, 0.717) is 52.0 Å². The van der Waals surface area contributed by atoms with Gasteiger partial charge >= 0.3 is 0 Å². The van der Waals surface area contributed by atoms with E-state index in [1.54, 1.807) is 9.21 Å². The maximum absolute atomic E-state index is 13.0. The second-order valence-electron chi connectivity index (χ2n) is 8.02. The lowest BCUT2D eigenvalue weighted by molar-refractivity contribution is -0.139. The molecule has 0 bridgehead atoms. The summed E-state index contributed by atoms with van der Waals surface area (Å²) in [6.45, 7) is 2.99. The first kappa shape index (κ1) is 20.5. The summed E-state index contributed by atoms with van der Waals surface area (Å²) in [4.78, 5) is 26.0. The van der Waals surface area contributed by atoms with Gasteiger partial charge in [-0.05, 0) is 38.5 Å². The number of hydrogen-bond donors (Lipinski definition) is 1. The molecule has 154 valence electrons. The van der Waals surface area contributed by atoms with Crippen LogP contribution < -0.4 is 5.73 Å². The lowest BCUT2D eigenvalue weighted by atomic mass is 9.93. The summed E-state index contributed by atoms with van der Waals surface area (Å²) in [6, 6.07) is 0. The molecule has 8 nitrogen and oxygen atoms in total. The predicted octanol–water partition coefficient (Wildman–Crippen LogP) is 0.543. The highest BCUT2D eigenvalue weighted by molar-refractivity contribution is 7.86. The molecule has 1 atom stereocenters. The fourth-order valence-corrected chi connectivity index (χ4v) is 6.21. The Morgan fingerprint density at radius 2 is 1.33 bits per heavy atom. The van der Waals surface area contributed by atoms with Crippen molar-refractivity contribution in [2.45, 2.75) is 51.4 Å². The maximum Gasteiger partial charge on any atom is 0.281 e. The molecule has 2 amide bonds. The first-order valence-corrected chi connectivity index (χ1v) is 11.6. The van der Waals surface area contributed by atoms with E-state index >= 15 is 0 Å². The van der Waals surface area contributed by atoms with Crippen LogP contribution >= 0.6 is 0 Å². The zero-order valence-corrected chi connectivity index (χ0v) is 16.8. The third-order valence-electron chi connectivity index (χ3n) is 6.16. The van der Waals surface area contributed by atoms with Gasteiger partial charge in [0.2, 0.25) is 11.8 Å². The van der Waals surface area contributed by atoms with E-state index in [2.05, 4.69) is 0 Å². The molecule has 1 unspecified atom stereocenters. The Balaban J connectivity index is 1.60. The fraction of sp³-hybridized carbons (Fsp3) is 0.889. The normalized spacial score (nSPS) is 27.3. The Bertz CT molecular complexity index is 638. The summed E-state index contributed by atoms with van der Waals surface area (Å²) >= 11 is 0. The highest BCUT2D eigenvalue weighted by Gasteiger charge is 2.38. The average Bonchev–Trinajstić information content (AvgIpc) is 2.97. The van der Waals surface area contributed by atoms with E-state index in [1.807, 2.05) is 0 Å². The number of carbonyl (C=O) groups excluding carboxylic acids is 2. The molecular weight excluding hydrogens is 368 g/mol. The van der Waals surface area contributed by atoms with Crippen LogP contribution in [0.1, 0.15) is 51.4 Å². The van der Waals surface area contributed by atoms with E-state index in [0.717, 1.165) is 32.1 Å². The Morgan fingerprint density at radius 1 is 0.741 bits per heavy atom. The Morgan fingerprint density at radius 3 is 1.93 bits per heavy atom. The molecule has 3 aliphatic heterocycles. The van der Waals surface area contributed by atoms with Gasteiger partial charge in [0.15, 0.2) is 0 Å². The van der Waals surface area contributed by atoms with Gasteiger partial charge in [-0.2, -0.15) is 17.0 Å². The number of nitrogens with zero attached hydrogens (tertiary/aromatic N) is 3. The van der Waals surface area contributed by atoms with Crippen molar-refractivity contribution in [3.05, 3.63) is 0 Å². The molecule has 0 aliphatic carbocycles. The van der Waals surface area contributed by atoms with Gasteiger partial charge in [-0.15, -0.1) is 0 Å². The number of primary amides is 1. The van der Waals surface area contributed by atoms with Gasteiger partial charge in [0.1, 0.15) is 0 Å². The summed E-state index contributed by atoms with van der Waals surface area (Å²) in [5.74, 6) is -0.714. The van der Waals surface area contributed by atoms with E-state index in [1.165, 1.54) is 4.31 Å². The average molecular weight is 401 g/mol. The third-order valence-corrected chi connectivity index (χ3v) is 8.16. The first-order valence-electron chi connectivity index (χ1n) is 10.2. The van der Waals surface area contributed by atoms with Gasteiger partial charge in [0, 0.05) is 45.2 Å². The summed E-state index contributed by atoms with van der Waals surface area (Å²) in [5, 5.41) is 0. The molecule has 0 aromatic carbocycles. The smallest absolute Gasteiger partial charge is 0.281 e. The molecule has 2 N–H and O–H groups in total. The van der Waals surface area contributed by atoms with Crippen molar-refractivity contribution in [3.8, 4) is 0 Å². The molecule has 9 heteroatoms. The van der Waals surface area contributed by atoms with Crippen molar-refractivity contribution in [3.63, 3.8) is 0 Å². The van der Waals surface area contributed by atoms with E-state index in [9.17, 15) is 18.0 Å².